The topological polar surface area (TPSA) is 40.5 Å². The molecular weight excluding hydrogens is 118 g/mol. The summed E-state index contributed by atoms with van der Waals surface area (Å²) in [7, 11) is 1.62. The second-order valence-corrected chi connectivity index (χ2v) is 2.13. The van der Waals surface area contributed by atoms with Crippen molar-refractivity contribution in [2.24, 2.45) is 0 Å². The largest absolute Gasteiger partial charge is 0.465 e. The van der Waals surface area contributed by atoms with Gasteiger partial charge in [-0.2, -0.15) is 0 Å². The van der Waals surface area contributed by atoms with E-state index in [1.54, 1.807) is 7.05 Å². The van der Waals surface area contributed by atoms with E-state index in [2.05, 4.69) is 5.11 Å². The van der Waals surface area contributed by atoms with E-state index in [4.69, 9.17) is 1.43 Å². The Morgan fingerprint density at radius 1 is 2.00 bits per heavy atom. The van der Waals surface area contributed by atoms with Crippen molar-refractivity contribution < 1.29 is 9.90 Å². The van der Waals surface area contributed by atoms with Crippen LogP contribution in [0.25, 0.3) is 1.43 Å². The van der Waals surface area contributed by atoms with E-state index >= 15 is 0 Å². The second-order valence-electron chi connectivity index (χ2n) is 2.13. The van der Waals surface area contributed by atoms with Gasteiger partial charge in [0.15, 0.2) is 0 Å². The maximum Gasteiger partial charge on any atom is 0.407 e. The molecule has 1 N–H and O–H groups in total. The number of rotatable bonds is 2. The highest BCUT2D eigenvalue weighted by Crippen LogP contribution is 1.98. The standard InChI is InChI=1S/C6H13NO2/c1-4-5(2)7(3)6(8)9/h5H,4H2,1-3H3,(H,8,9)/i/hT. The van der Waals surface area contributed by atoms with Crippen LogP contribution in [-0.2, 0) is 0 Å². The summed E-state index contributed by atoms with van der Waals surface area (Å²) in [5.41, 5.74) is 0. The average molecular weight is 133 g/mol. The summed E-state index contributed by atoms with van der Waals surface area (Å²) in [5.74, 6) is 0. The van der Waals surface area contributed by atoms with Gasteiger partial charge in [0.2, 0.25) is 0 Å². The molecule has 0 aromatic rings. The number of hydrogen-bond donors (Lipinski definition) is 1. The predicted octanol–water partition coefficient (Wildman–Crippen LogP) is 1.39. The summed E-state index contributed by atoms with van der Waals surface area (Å²) < 4.78 is 6.32. The molecule has 9 heavy (non-hydrogen) atoms. The second kappa shape index (κ2) is 3.33. The van der Waals surface area contributed by atoms with E-state index in [1.165, 1.54) is 4.90 Å². The van der Waals surface area contributed by atoms with Gasteiger partial charge in [0.05, 0.1) is 0 Å². The highest BCUT2D eigenvalue weighted by atomic mass is 16.4. The Morgan fingerprint density at radius 2 is 2.56 bits per heavy atom. The summed E-state index contributed by atoms with van der Waals surface area (Å²) in [6, 6.07) is 0.137. The number of carbonyl (C=O) groups is 1. The van der Waals surface area contributed by atoms with Crippen LogP contribution in [0.2, 0.25) is 0 Å². The Hall–Kier alpha value is -0.730. The van der Waals surface area contributed by atoms with Crippen molar-refractivity contribution in [1.82, 2.24) is 4.90 Å². The molecule has 0 bridgehead atoms. The van der Waals surface area contributed by atoms with Crippen molar-refractivity contribution in [2.45, 2.75) is 26.3 Å². The Labute approximate surface area is 56.8 Å². The van der Waals surface area contributed by atoms with E-state index < -0.39 is 6.09 Å². The molecule has 0 aliphatic rings. The molecule has 1 amide bonds. The molecule has 0 saturated carbocycles. The van der Waals surface area contributed by atoms with Crippen LogP contribution in [0.15, 0.2) is 0 Å². The Bertz CT molecular complexity index is 118. The molecule has 1 unspecified atom stereocenters. The molecule has 54 valence electrons. The molecule has 0 aromatic carbocycles. The zero-order valence-electron chi connectivity index (χ0n) is 7.05. The van der Waals surface area contributed by atoms with Crippen molar-refractivity contribution in [2.75, 3.05) is 7.05 Å². The minimum Gasteiger partial charge on any atom is -0.465 e. The molecule has 3 nitrogen and oxygen atoms in total. The summed E-state index contributed by atoms with van der Waals surface area (Å²) in [6.07, 6.45) is 0.264. The van der Waals surface area contributed by atoms with Crippen LogP contribution < -0.4 is 0 Å². The lowest BCUT2D eigenvalue weighted by Crippen LogP contribution is -2.33. The third-order valence-electron chi connectivity index (χ3n) is 1.54. The van der Waals surface area contributed by atoms with Crippen LogP contribution in [0, 0.1) is 0 Å². The average Bonchev–Trinajstić information content (AvgIpc) is 2.00. The molecule has 0 rings (SSSR count). The summed E-state index contributed by atoms with van der Waals surface area (Å²) in [4.78, 5) is 12.0. The van der Waals surface area contributed by atoms with Gasteiger partial charge in [-0.3, -0.25) is 0 Å². The van der Waals surface area contributed by atoms with Gasteiger partial charge in [-0.1, -0.05) is 6.92 Å². The number of amides is 1. The third kappa shape index (κ3) is 2.35. The lowest BCUT2D eigenvalue weighted by Gasteiger charge is -2.19. The first-order chi connectivity index (χ1) is 4.63. The maximum atomic E-state index is 10.6. The number of hydrogen-bond acceptors (Lipinski definition) is 2. The first-order valence-electron chi connectivity index (χ1n) is 3.44. The lowest BCUT2D eigenvalue weighted by atomic mass is 10.2. The first kappa shape index (κ1) is 6.39. The Morgan fingerprint density at radius 3 is 2.89 bits per heavy atom. The fraction of sp³-hybridized carbons (Fsp3) is 0.833. The number of carboxylic acid groups (broad SMARTS) is 1. The fourth-order valence-corrected chi connectivity index (χ4v) is 0.454. The maximum absolute atomic E-state index is 10.6. The Balaban J connectivity index is 3.81. The summed E-state index contributed by atoms with van der Waals surface area (Å²) in [5, 5.41) is 3.77. The van der Waals surface area contributed by atoms with E-state index in [0.29, 0.717) is 0 Å². The fourth-order valence-electron chi connectivity index (χ4n) is 0.454. The van der Waals surface area contributed by atoms with Gasteiger partial charge in [0, 0.05) is 13.1 Å². The highest BCUT2D eigenvalue weighted by molar-refractivity contribution is 5.64. The van der Waals surface area contributed by atoms with Crippen molar-refractivity contribution in [1.29, 1.82) is 1.43 Å². The van der Waals surface area contributed by atoms with Gasteiger partial charge < -0.3 is 10.0 Å². The molecule has 1 atom stereocenters. The van der Waals surface area contributed by atoms with Gasteiger partial charge in [0.25, 0.3) is 1.43 Å². The lowest BCUT2D eigenvalue weighted by molar-refractivity contribution is 0.141. The molecule has 0 aliphatic heterocycles. The Kier molecular flexibility index (Phi) is 2.36. The van der Waals surface area contributed by atoms with E-state index in [-0.39, 0.29) is 6.04 Å². The van der Waals surface area contributed by atoms with Crippen LogP contribution in [-0.4, -0.2) is 29.2 Å². The van der Waals surface area contributed by atoms with Gasteiger partial charge in [-0.25, -0.2) is 4.79 Å². The van der Waals surface area contributed by atoms with Crippen LogP contribution in [0.4, 0.5) is 4.79 Å². The van der Waals surface area contributed by atoms with E-state index in [0.717, 1.165) is 6.42 Å². The molecule has 0 radical (unpaired) electrons. The minimum atomic E-state index is -0.602. The van der Waals surface area contributed by atoms with Crippen molar-refractivity contribution in [3.8, 4) is 0 Å². The third-order valence-corrected chi connectivity index (χ3v) is 1.54. The molecule has 0 spiro atoms. The first-order valence-corrected chi connectivity index (χ1v) is 3.03. The van der Waals surface area contributed by atoms with Crippen LogP contribution in [0.5, 0.6) is 0 Å². The SMILES string of the molecule is [3H]OC(=O)N(C)C(C)CC. The van der Waals surface area contributed by atoms with Gasteiger partial charge in [-0.05, 0) is 13.3 Å². The predicted molar refractivity (Wildman–Crippen MR) is 35.5 cm³/mol. The monoisotopic (exact) mass is 133 g/mol. The summed E-state index contributed by atoms with van der Waals surface area (Å²) >= 11 is 0. The molecule has 0 heterocycles. The van der Waals surface area contributed by atoms with Crippen molar-refractivity contribution >= 4 is 6.09 Å². The molecule has 0 saturated heterocycles. The van der Waals surface area contributed by atoms with Gasteiger partial charge in [0.1, 0.15) is 0 Å². The van der Waals surface area contributed by atoms with Crippen LogP contribution in [0.1, 0.15) is 20.3 Å². The van der Waals surface area contributed by atoms with E-state index in [9.17, 15) is 4.79 Å². The van der Waals surface area contributed by atoms with Gasteiger partial charge in [-0.15, -0.1) is 0 Å². The van der Waals surface area contributed by atoms with Crippen LogP contribution in [0.3, 0.4) is 0 Å². The molecule has 0 aromatic heterocycles. The van der Waals surface area contributed by atoms with Crippen molar-refractivity contribution in [3.63, 3.8) is 0 Å². The van der Waals surface area contributed by atoms with Crippen molar-refractivity contribution in [3.05, 3.63) is 0 Å². The smallest absolute Gasteiger partial charge is 0.407 e. The highest BCUT2D eigenvalue weighted by Gasteiger charge is 2.10. The molecule has 0 fully saturated rings. The number of nitrogens with zero attached hydrogens (tertiary/aromatic N) is 1. The zero-order chi connectivity index (χ0) is 8.15. The van der Waals surface area contributed by atoms with E-state index in [1.807, 2.05) is 13.8 Å². The molecule has 0 aliphatic carbocycles. The quantitative estimate of drug-likeness (QED) is 0.618. The van der Waals surface area contributed by atoms with Gasteiger partial charge >= 0.3 is 6.09 Å². The zero-order valence-corrected chi connectivity index (χ0v) is 6.05. The molecular formula is C6H13NO2. The normalized spacial score (nSPS) is 13.9. The summed E-state index contributed by atoms with van der Waals surface area (Å²) in [6.45, 7) is 3.87. The minimum absolute atomic E-state index is 0.137. The van der Waals surface area contributed by atoms with Crippen LogP contribution >= 0.6 is 0 Å². The molecule has 3 heteroatoms.